The first-order valence-electron chi connectivity index (χ1n) is 6.85. The molecule has 105 valence electrons. The third kappa shape index (κ3) is 4.39. The summed E-state index contributed by atoms with van der Waals surface area (Å²) in [5, 5.41) is 0. The van der Waals surface area contributed by atoms with Crippen LogP contribution in [0, 0.1) is 11.8 Å². The van der Waals surface area contributed by atoms with E-state index in [4.69, 9.17) is 10.3 Å². The first-order chi connectivity index (χ1) is 9.36. The summed E-state index contributed by atoms with van der Waals surface area (Å²) in [6.07, 6.45) is 0.895. The van der Waals surface area contributed by atoms with E-state index in [9.17, 15) is 9.59 Å². The minimum Gasteiger partial charge on any atom is -0.461 e. The molecule has 1 fully saturated rings. The van der Waals surface area contributed by atoms with E-state index in [-0.39, 0.29) is 30.2 Å². The van der Waals surface area contributed by atoms with E-state index >= 15 is 0 Å². The highest BCUT2D eigenvalue weighted by Gasteiger charge is 2.42. The average molecular weight is 285 g/mol. The molecule has 1 aliphatic rings. The Kier molecular flexibility index (Phi) is 5.52. The van der Waals surface area contributed by atoms with Crippen LogP contribution >= 0.6 is 11.9 Å². The molecule has 1 rings (SSSR count). The highest BCUT2D eigenvalue weighted by molar-refractivity contribution is 8.15. The lowest BCUT2D eigenvalue weighted by atomic mass is 9.84. The van der Waals surface area contributed by atoms with Crippen LogP contribution in [0.3, 0.4) is 0 Å². The number of allylic oxidation sites excluding steroid dienone is 2. The molecule has 0 aromatic heterocycles. The fraction of sp³-hybridized carbons (Fsp3) is 0.692. The van der Waals surface area contributed by atoms with Gasteiger partial charge in [0.15, 0.2) is 5.78 Å². The summed E-state index contributed by atoms with van der Waals surface area (Å²) in [7, 11) is 1.07. The quantitative estimate of drug-likeness (QED) is 0.323. The number of carbonyl (C=O) groups is 2. The Morgan fingerprint density at radius 2 is 2.26 bits per heavy atom. The molecule has 0 amide bonds. The van der Waals surface area contributed by atoms with E-state index in [1.807, 2.05) is 20.8 Å². The lowest BCUT2D eigenvalue weighted by Gasteiger charge is -2.38. The van der Waals surface area contributed by atoms with Crippen LogP contribution < -0.4 is 0 Å². The van der Waals surface area contributed by atoms with Crippen molar-refractivity contribution in [3.63, 3.8) is 0 Å². The van der Waals surface area contributed by atoms with Gasteiger partial charge in [-0.15, -0.1) is 0 Å². The van der Waals surface area contributed by atoms with Gasteiger partial charge in [0.2, 0.25) is 7.09 Å². The zero-order chi connectivity index (χ0) is 15.3. The van der Waals surface area contributed by atoms with Crippen molar-refractivity contribution in [2.75, 3.05) is 0 Å². The van der Waals surface area contributed by atoms with Crippen molar-refractivity contribution in [3.8, 4) is 0 Å². The largest absolute Gasteiger partial charge is 0.461 e. The molecule has 0 N–H and O–H groups in total. The zero-order valence-electron chi connectivity index (χ0n) is 12.7. The number of rotatable bonds is 6. The highest BCUT2D eigenvalue weighted by atomic mass is 32.2. The first-order valence-corrected chi connectivity index (χ1v) is 7.07. The van der Waals surface area contributed by atoms with Gasteiger partial charge in [-0.25, -0.2) is 0 Å². The van der Waals surface area contributed by atoms with Crippen molar-refractivity contribution in [2.24, 2.45) is 11.8 Å². The van der Waals surface area contributed by atoms with E-state index in [0.717, 1.165) is 24.6 Å². The number of ketones is 1. The van der Waals surface area contributed by atoms with E-state index in [1.54, 1.807) is 13.0 Å². The molecule has 0 saturated carbocycles. The number of hydrogen-bond acceptors (Lipinski definition) is 5. The van der Waals surface area contributed by atoms with E-state index in [2.05, 4.69) is 0 Å². The molecule has 0 aromatic carbocycles. The van der Waals surface area contributed by atoms with Gasteiger partial charge in [0.1, 0.15) is 6.10 Å². The molecule has 1 saturated heterocycles. The van der Waals surface area contributed by atoms with Crippen molar-refractivity contribution in [1.82, 2.24) is 0 Å². The number of carbonyl (C=O) groups excluding carboxylic acids is 2. The average Bonchev–Trinajstić information content (AvgIpc) is 2.35. The van der Waals surface area contributed by atoms with Crippen LogP contribution in [0.2, 0.25) is 0 Å². The van der Waals surface area contributed by atoms with E-state index < -0.39 is 12.0 Å². The molecule has 19 heavy (non-hydrogen) atoms. The molecule has 0 bridgehead atoms. The van der Waals surface area contributed by atoms with Gasteiger partial charge in [-0.05, 0) is 28.2 Å². The van der Waals surface area contributed by atoms with Crippen LogP contribution in [0.4, 0.5) is 0 Å². The topological polar surface area (TPSA) is 52.6 Å². The normalized spacial score (nSPS) is 31.2. The fourth-order valence-electron chi connectivity index (χ4n) is 2.21. The Bertz CT molecular complexity index is 398. The molecule has 0 spiro atoms. The molecule has 0 aliphatic carbocycles. The molecule has 4 atom stereocenters. The molecule has 1 radical (unpaired) electrons. The van der Waals surface area contributed by atoms with Crippen molar-refractivity contribution in [2.45, 2.75) is 46.3 Å². The maximum absolute atomic E-state index is 11.8. The second kappa shape index (κ2) is 7.15. The molecule has 0 unspecified atom stereocenters. The molecule has 1 aliphatic heterocycles. The van der Waals surface area contributed by atoms with Crippen molar-refractivity contribution >= 4 is 30.7 Å². The Hall–Kier alpha value is -0.745. The number of hydrogen-bond donors (Lipinski definition) is 0. The van der Waals surface area contributed by atoms with E-state index in [0.29, 0.717) is 0 Å². The van der Waals surface area contributed by atoms with Gasteiger partial charge < -0.3 is 8.92 Å². The van der Waals surface area contributed by atoms with Crippen molar-refractivity contribution in [1.29, 1.82) is 1.34 Å². The summed E-state index contributed by atoms with van der Waals surface area (Å²) in [6, 6.07) is 0. The maximum atomic E-state index is 11.8. The number of cyclic esters (lactones) is 1. The lowest BCUT2D eigenvalue weighted by Crippen LogP contribution is -2.47. The van der Waals surface area contributed by atoms with Crippen LogP contribution in [-0.4, -0.2) is 32.4 Å². The maximum Gasteiger partial charge on any atom is 0.311 e. The first kappa shape index (κ1) is 14.7. The van der Waals surface area contributed by atoms with Gasteiger partial charge in [0, 0.05) is 12.3 Å². The van der Waals surface area contributed by atoms with Crippen LogP contribution in [0.25, 0.3) is 0 Å². The summed E-state index contributed by atoms with van der Waals surface area (Å²) in [5.74, 6) is -0.895. The standard InChI is InChI=1S/C13H20BO4S/c1-7(2)5-10(15)6-11-8(3)12(18-19-14)9(4)13(16)17-11/h5,8-9,11-12,14H,6H2,1-4H3/t8-,9+,11-,12-/m0/s1/i14T. The van der Waals surface area contributed by atoms with Crippen molar-refractivity contribution < 1.29 is 18.5 Å². The van der Waals surface area contributed by atoms with Gasteiger partial charge in [0.25, 0.3) is 0 Å². The molecular weight excluding hydrogens is 263 g/mol. The number of ether oxygens (including phenoxy) is 1. The Balaban J connectivity index is 2.74. The summed E-state index contributed by atoms with van der Waals surface area (Å²) in [6.45, 7) is 7.34. The van der Waals surface area contributed by atoms with Gasteiger partial charge >= 0.3 is 5.97 Å². The summed E-state index contributed by atoms with van der Waals surface area (Å²) in [5.41, 5.74) is 0.922. The molecule has 0 aromatic rings. The van der Waals surface area contributed by atoms with Gasteiger partial charge in [-0.2, -0.15) is 0 Å². The minimum atomic E-state index is -0.474. The van der Waals surface area contributed by atoms with Gasteiger partial charge in [-0.3, -0.25) is 9.59 Å². The molecule has 6 heteroatoms. The molecule has 4 nitrogen and oxygen atoms in total. The second-order valence-corrected chi connectivity index (χ2v) is 5.56. The Labute approximate surface area is 121 Å². The Morgan fingerprint density at radius 3 is 2.84 bits per heavy atom. The van der Waals surface area contributed by atoms with Crippen molar-refractivity contribution in [3.05, 3.63) is 11.6 Å². The number of esters is 1. The molecular formula is C13H20BO4S. The Morgan fingerprint density at radius 1 is 1.58 bits per heavy atom. The second-order valence-electron chi connectivity index (χ2n) is 5.17. The third-order valence-corrected chi connectivity index (χ3v) is 3.59. The predicted molar refractivity (Wildman–Crippen MR) is 76.9 cm³/mol. The van der Waals surface area contributed by atoms with Crippen LogP contribution in [0.5, 0.6) is 0 Å². The highest BCUT2D eigenvalue weighted by Crippen LogP contribution is 2.32. The summed E-state index contributed by atoms with van der Waals surface area (Å²) >= 11 is 0.893. The van der Waals surface area contributed by atoms with Gasteiger partial charge in [0.05, 0.1) is 12.0 Å². The lowest BCUT2D eigenvalue weighted by molar-refractivity contribution is -0.174. The summed E-state index contributed by atoms with van der Waals surface area (Å²) in [4.78, 5) is 23.7. The zero-order valence-corrected chi connectivity index (χ0v) is 12.5. The minimum absolute atomic E-state index is 0.0531. The fourth-order valence-corrected chi connectivity index (χ4v) is 2.68. The van der Waals surface area contributed by atoms with Crippen LogP contribution in [0.1, 0.15) is 34.1 Å². The van der Waals surface area contributed by atoms with Crippen LogP contribution in [0.15, 0.2) is 11.6 Å². The van der Waals surface area contributed by atoms with Gasteiger partial charge in [-0.1, -0.05) is 24.4 Å². The smallest absolute Gasteiger partial charge is 0.311 e. The molecule has 1 heterocycles. The predicted octanol–water partition coefficient (Wildman–Crippen LogP) is 1.96. The van der Waals surface area contributed by atoms with Crippen LogP contribution in [-0.2, 0) is 18.5 Å². The summed E-state index contributed by atoms with van der Waals surface area (Å²) < 4.78 is 17.8. The van der Waals surface area contributed by atoms with E-state index in [1.165, 1.54) is 0 Å². The monoisotopic (exact) mass is 285 g/mol. The third-order valence-electron chi connectivity index (χ3n) is 3.26. The SMILES string of the molecule is [3H][B]SO[C@H]1[C@@H](C)[C@H](CC(=O)C=C(C)C)OC(=O)[C@@H]1C.